The lowest BCUT2D eigenvalue weighted by Crippen LogP contribution is -2.37. The number of nitrogens with zero attached hydrogens (tertiary/aromatic N) is 2. The number of alkyl halides is 1. The minimum atomic E-state index is -0.761. The van der Waals surface area contributed by atoms with Gasteiger partial charge in [0.1, 0.15) is 5.82 Å². The zero-order valence-electron chi connectivity index (χ0n) is 8.47. The van der Waals surface area contributed by atoms with E-state index in [1.807, 2.05) is 0 Å². The number of nitrogens with two attached hydrogens (primary N) is 1. The maximum atomic E-state index is 11.7. The Morgan fingerprint density at radius 2 is 2.56 bits per heavy atom. The molecule has 0 radical (unpaired) electrons. The van der Waals surface area contributed by atoms with Crippen LogP contribution in [0.5, 0.6) is 0 Å². The van der Waals surface area contributed by atoms with Crippen molar-refractivity contribution in [3.63, 3.8) is 0 Å². The van der Waals surface area contributed by atoms with E-state index in [1.165, 1.54) is 4.57 Å². The number of rotatable bonds is 2. The maximum Gasteiger partial charge on any atom is 0.352 e. The van der Waals surface area contributed by atoms with Crippen molar-refractivity contribution in [2.24, 2.45) is 0 Å². The molecule has 1 fully saturated rings. The Morgan fingerprint density at radius 3 is 3.12 bits per heavy atom. The normalized spacial score (nSPS) is 29.5. The van der Waals surface area contributed by atoms with Gasteiger partial charge in [-0.05, 0) is 35.1 Å². The van der Waals surface area contributed by atoms with Crippen LogP contribution in [0.2, 0.25) is 0 Å². The quantitative estimate of drug-likeness (QED) is 0.588. The molecule has 7 heteroatoms. The van der Waals surface area contributed by atoms with Crippen molar-refractivity contribution in [3.8, 4) is 0 Å². The van der Waals surface area contributed by atoms with Crippen LogP contribution < -0.4 is 11.4 Å². The summed E-state index contributed by atoms with van der Waals surface area (Å²) in [6, 6.07) is 1.55. The summed E-state index contributed by atoms with van der Waals surface area (Å²) >= 11 is 2.06. The molecule has 0 aromatic carbocycles. The molecule has 6 nitrogen and oxygen atoms in total. The standard InChI is InChI=1S/C9H12IN3O3/c10-9(3-1-6(5-14)16-9)13-4-2-7(11)12-8(13)15/h2,4,6,14H,1,3,5H2,(H2,11,12,15)/t6-,9-/m0/s1. The zero-order valence-corrected chi connectivity index (χ0v) is 10.6. The van der Waals surface area contributed by atoms with E-state index in [9.17, 15) is 4.79 Å². The monoisotopic (exact) mass is 337 g/mol. The summed E-state index contributed by atoms with van der Waals surface area (Å²) < 4.78 is 6.27. The fourth-order valence-corrected chi connectivity index (χ4v) is 2.73. The van der Waals surface area contributed by atoms with Crippen LogP contribution >= 0.6 is 22.6 Å². The van der Waals surface area contributed by atoms with Gasteiger partial charge in [-0.1, -0.05) is 0 Å². The molecule has 1 aliphatic heterocycles. The molecule has 1 aliphatic rings. The van der Waals surface area contributed by atoms with Gasteiger partial charge in [-0.2, -0.15) is 4.98 Å². The van der Waals surface area contributed by atoms with Gasteiger partial charge in [0, 0.05) is 12.6 Å². The Labute approximate surface area is 106 Å². The molecule has 1 aromatic heterocycles. The van der Waals surface area contributed by atoms with E-state index in [1.54, 1.807) is 12.3 Å². The average Bonchev–Trinajstić information content (AvgIpc) is 2.61. The second-order valence-corrected chi connectivity index (χ2v) is 5.34. The van der Waals surface area contributed by atoms with Crippen molar-refractivity contribution in [2.45, 2.75) is 22.7 Å². The molecule has 1 aromatic rings. The Balaban J connectivity index is 2.34. The highest BCUT2D eigenvalue weighted by Crippen LogP contribution is 2.39. The lowest BCUT2D eigenvalue weighted by atomic mass is 10.2. The zero-order chi connectivity index (χ0) is 11.8. The van der Waals surface area contributed by atoms with E-state index in [0.717, 1.165) is 6.42 Å². The summed E-state index contributed by atoms with van der Waals surface area (Å²) in [5.41, 5.74) is 4.98. The molecule has 88 valence electrons. The van der Waals surface area contributed by atoms with Gasteiger partial charge >= 0.3 is 5.69 Å². The second kappa shape index (κ2) is 4.30. The molecule has 0 bridgehead atoms. The number of anilines is 1. The largest absolute Gasteiger partial charge is 0.394 e. The molecule has 2 rings (SSSR count). The van der Waals surface area contributed by atoms with E-state index < -0.39 is 9.42 Å². The van der Waals surface area contributed by atoms with Crippen LogP contribution in [0.15, 0.2) is 17.1 Å². The SMILES string of the molecule is Nc1ccn([C@@]2(I)CC[C@@H](CO)O2)c(=O)n1. The van der Waals surface area contributed by atoms with E-state index in [2.05, 4.69) is 27.6 Å². The summed E-state index contributed by atoms with van der Waals surface area (Å²) in [7, 11) is 0. The molecular formula is C9H12IN3O3. The van der Waals surface area contributed by atoms with Crippen molar-refractivity contribution in [3.05, 3.63) is 22.7 Å². The topological polar surface area (TPSA) is 90.4 Å². The number of halogens is 1. The van der Waals surface area contributed by atoms with Gasteiger partial charge < -0.3 is 15.6 Å². The van der Waals surface area contributed by atoms with Crippen LogP contribution in [0.25, 0.3) is 0 Å². The number of aliphatic hydroxyl groups is 1. The smallest absolute Gasteiger partial charge is 0.352 e. The molecule has 0 aliphatic carbocycles. The first kappa shape index (κ1) is 11.8. The summed E-state index contributed by atoms with van der Waals surface area (Å²) in [6.07, 6.45) is 2.72. The summed E-state index contributed by atoms with van der Waals surface area (Å²) in [5, 5.41) is 9.01. The maximum absolute atomic E-state index is 11.7. The van der Waals surface area contributed by atoms with Crippen LogP contribution in [0.4, 0.5) is 5.82 Å². The first-order valence-electron chi connectivity index (χ1n) is 4.88. The molecule has 0 saturated carbocycles. The van der Waals surface area contributed by atoms with Crippen molar-refractivity contribution in [1.82, 2.24) is 9.55 Å². The van der Waals surface area contributed by atoms with Gasteiger partial charge in [-0.3, -0.25) is 4.57 Å². The third kappa shape index (κ3) is 2.06. The van der Waals surface area contributed by atoms with E-state index in [4.69, 9.17) is 15.6 Å². The van der Waals surface area contributed by atoms with Gasteiger partial charge in [-0.25, -0.2) is 4.79 Å². The lowest BCUT2D eigenvalue weighted by Gasteiger charge is -2.24. The minimum Gasteiger partial charge on any atom is -0.394 e. The molecule has 0 unspecified atom stereocenters. The van der Waals surface area contributed by atoms with Crippen LogP contribution in [0, 0.1) is 0 Å². The number of hydrogen-bond donors (Lipinski definition) is 2. The van der Waals surface area contributed by atoms with Crippen LogP contribution in [-0.4, -0.2) is 27.4 Å². The predicted molar refractivity (Wildman–Crippen MR) is 66.1 cm³/mol. The first-order chi connectivity index (χ1) is 7.55. The van der Waals surface area contributed by atoms with Crippen molar-refractivity contribution >= 4 is 28.4 Å². The summed E-state index contributed by atoms with van der Waals surface area (Å²) in [5.74, 6) is 0.193. The third-order valence-corrected chi connectivity index (χ3v) is 3.82. The molecule has 0 spiro atoms. The molecule has 2 atom stereocenters. The first-order valence-corrected chi connectivity index (χ1v) is 5.96. The van der Waals surface area contributed by atoms with Gasteiger partial charge in [-0.15, -0.1) is 0 Å². The van der Waals surface area contributed by atoms with E-state index in [0.29, 0.717) is 6.42 Å². The summed E-state index contributed by atoms with van der Waals surface area (Å²) in [4.78, 5) is 15.3. The molecule has 1 saturated heterocycles. The highest BCUT2D eigenvalue weighted by atomic mass is 127. The fourth-order valence-electron chi connectivity index (χ4n) is 1.69. The molecule has 3 N–H and O–H groups in total. The van der Waals surface area contributed by atoms with Gasteiger partial charge in [0.25, 0.3) is 0 Å². The average molecular weight is 337 g/mol. The number of aliphatic hydroxyl groups excluding tert-OH is 1. The second-order valence-electron chi connectivity index (χ2n) is 3.66. The van der Waals surface area contributed by atoms with Crippen LogP contribution in [0.3, 0.4) is 0 Å². The molecule has 0 amide bonds. The molecule has 2 heterocycles. The Bertz CT molecular complexity index is 450. The van der Waals surface area contributed by atoms with Crippen LogP contribution in [-0.2, 0) is 8.47 Å². The fraction of sp³-hybridized carbons (Fsp3) is 0.556. The van der Waals surface area contributed by atoms with E-state index in [-0.39, 0.29) is 18.5 Å². The third-order valence-electron chi connectivity index (χ3n) is 2.51. The number of nitrogen functional groups attached to an aromatic ring is 1. The Kier molecular flexibility index (Phi) is 3.17. The molecular weight excluding hydrogens is 325 g/mol. The number of hydrogen-bond acceptors (Lipinski definition) is 5. The van der Waals surface area contributed by atoms with Crippen molar-refractivity contribution in [1.29, 1.82) is 0 Å². The van der Waals surface area contributed by atoms with Gasteiger partial charge in [0.2, 0.25) is 3.73 Å². The highest BCUT2D eigenvalue weighted by molar-refractivity contribution is 14.1. The van der Waals surface area contributed by atoms with E-state index >= 15 is 0 Å². The van der Waals surface area contributed by atoms with Crippen molar-refractivity contribution < 1.29 is 9.84 Å². The summed E-state index contributed by atoms with van der Waals surface area (Å²) in [6.45, 7) is -0.0398. The van der Waals surface area contributed by atoms with Crippen LogP contribution in [0.1, 0.15) is 12.8 Å². The van der Waals surface area contributed by atoms with Gasteiger partial charge in [0.05, 0.1) is 12.7 Å². The molecule has 16 heavy (non-hydrogen) atoms. The lowest BCUT2D eigenvalue weighted by molar-refractivity contribution is -0.0372. The Hall–Kier alpha value is -0.670. The highest BCUT2D eigenvalue weighted by Gasteiger charge is 2.40. The van der Waals surface area contributed by atoms with Gasteiger partial charge in [0.15, 0.2) is 0 Å². The predicted octanol–water partition coefficient (Wildman–Crippen LogP) is 0.0421. The van der Waals surface area contributed by atoms with Crippen molar-refractivity contribution in [2.75, 3.05) is 12.3 Å². The number of ether oxygens (including phenoxy) is 1. The number of aromatic nitrogens is 2. The Morgan fingerprint density at radius 1 is 1.81 bits per heavy atom. The minimum absolute atomic E-state index is 0.0398.